The minimum absolute atomic E-state index is 0.0292. The Morgan fingerprint density at radius 3 is 2.52 bits per heavy atom. The Hall–Kier alpha value is -1.92. The molecule has 1 fully saturated rings. The van der Waals surface area contributed by atoms with Gasteiger partial charge in [0, 0.05) is 19.1 Å². The average molecular weight is 403 g/mol. The Morgan fingerprint density at radius 1 is 1.21 bits per heavy atom. The Bertz CT molecular complexity index is 657. The highest BCUT2D eigenvalue weighted by molar-refractivity contribution is 5.90. The smallest absolute Gasteiger partial charge is 0.245 e. The average Bonchev–Trinajstić information content (AvgIpc) is 3.16. The highest BCUT2D eigenvalue weighted by atomic mass is 16.2. The molecule has 6 nitrogen and oxygen atoms in total. The lowest BCUT2D eigenvalue weighted by molar-refractivity contribution is -0.140. The molecule has 3 atom stereocenters. The predicted octanol–water partition coefficient (Wildman–Crippen LogP) is 1.95. The Morgan fingerprint density at radius 2 is 1.90 bits per heavy atom. The standard InChI is InChI=1S/C23H38N4O2/c1-17(24-5)21(28)26-20(23(2,3)4)22(29)27-15-9-12-19(27)16-25-14-13-18-10-7-6-8-11-18/h6-8,10-11,17,19-20,24-25H,9,12-16H2,1-5H3,(H,26,28)/t17-,19?,20+/m0/s1. The predicted molar refractivity (Wildman–Crippen MR) is 118 cm³/mol. The van der Waals surface area contributed by atoms with Gasteiger partial charge < -0.3 is 20.9 Å². The van der Waals surface area contributed by atoms with Crippen molar-refractivity contribution >= 4 is 11.8 Å². The number of carbonyl (C=O) groups is 2. The molecule has 6 heteroatoms. The van der Waals surface area contributed by atoms with Crippen molar-refractivity contribution in [2.24, 2.45) is 5.41 Å². The zero-order valence-electron chi connectivity index (χ0n) is 18.6. The SMILES string of the molecule is CN[C@@H](C)C(=O)N[C@H](C(=O)N1CCCC1CNCCc1ccccc1)C(C)(C)C. The van der Waals surface area contributed by atoms with Crippen LogP contribution in [-0.4, -0.2) is 61.5 Å². The molecule has 0 aromatic heterocycles. The summed E-state index contributed by atoms with van der Waals surface area (Å²) in [7, 11) is 1.75. The summed E-state index contributed by atoms with van der Waals surface area (Å²) in [5, 5.41) is 9.44. The van der Waals surface area contributed by atoms with Crippen LogP contribution in [0.1, 0.15) is 46.1 Å². The van der Waals surface area contributed by atoms with Crippen molar-refractivity contribution in [2.75, 3.05) is 26.7 Å². The zero-order valence-corrected chi connectivity index (χ0v) is 18.6. The first-order valence-electron chi connectivity index (χ1n) is 10.8. The number of nitrogens with one attached hydrogen (secondary N) is 3. The molecule has 1 aromatic rings. The zero-order chi connectivity index (χ0) is 21.4. The molecule has 1 unspecified atom stereocenters. The van der Waals surface area contributed by atoms with Crippen LogP contribution in [0, 0.1) is 5.41 Å². The summed E-state index contributed by atoms with van der Waals surface area (Å²) >= 11 is 0. The summed E-state index contributed by atoms with van der Waals surface area (Å²) in [6, 6.07) is 9.73. The minimum Gasteiger partial charge on any atom is -0.342 e. The van der Waals surface area contributed by atoms with Crippen LogP contribution in [0.25, 0.3) is 0 Å². The molecule has 0 bridgehead atoms. The highest BCUT2D eigenvalue weighted by Crippen LogP contribution is 2.25. The van der Waals surface area contributed by atoms with Gasteiger partial charge in [-0.25, -0.2) is 0 Å². The van der Waals surface area contributed by atoms with Gasteiger partial charge in [-0.2, -0.15) is 0 Å². The fourth-order valence-electron chi connectivity index (χ4n) is 3.70. The third kappa shape index (κ3) is 6.82. The third-order valence-corrected chi connectivity index (χ3v) is 5.70. The molecule has 0 radical (unpaired) electrons. The molecule has 1 heterocycles. The number of hydrogen-bond donors (Lipinski definition) is 3. The summed E-state index contributed by atoms with van der Waals surface area (Å²) in [6.45, 7) is 10.2. The quantitative estimate of drug-likeness (QED) is 0.552. The number of hydrogen-bond acceptors (Lipinski definition) is 4. The van der Waals surface area contributed by atoms with Crippen LogP contribution in [0.15, 0.2) is 30.3 Å². The van der Waals surface area contributed by atoms with Crippen LogP contribution in [0.5, 0.6) is 0 Å². The largest absolute Gasteiger partial charge is 0.342 e. The van der Waals surface area contributed by atoms with E-state index in [0.717, 1.165) is 38.9 Å². The fourth-order valence-corrected chi connectivity index (χ4v) is 3.70. The summed E-state index contributed by atoms with van der Waals surface area (Å²) in [5.74, 6) is -0.112. The van der Waals surface area contributed by atoms with Crippen molar-refractivity contribution in [3.63, 3.8) is 0 Å². The van der Waals surface area contributed by atoms with E-state index in [-0.39, 0.29) is 29.3 Å². The third-order valence-electron chi connectivity index (χ3n) is 5.70. The summed E-state index contributed by atoms with van der Waals surface area (Å²) < 4.78 is 0. The second-order valence-corrected chi connectivity index (χ2v) is 9.09. The van der Waals surface area contributed by atoms with Crippen molar-refractivity contribution < 1.29 is 9.59 Å². The van der Waals surface area contributed by atoms with E-state index in [1.807, 2.05) is 31.7 Å². The van der Waals surface area contributed by atoms with Gasteiger partial charge in [-0.1, -0.05) is 51.1 Å². The molecule has 2 amide bonds. The molecule has 0 aliphatic carbocycles. The van der Waals surface area contributed by atoms with E-state index in [1.165, 1.54) is 5.56 Å². The van der Waals surface area contributed by atoms with E-state index in [4.69, 9.17) is 0 Å². The highest BCUT2D eigenvalue weighted by Gasteiger charge is 2.39. The van der Waals surface area contributed by atoms with Gasteiger partial charge in [-0.15, -0.1) is 0 Å². The lowest BCUT2D eigenvalue weighted by Gasteiger charge is -2.36. The topological polar surface area (TPSA) is 73.5 Å². The first-order valence-corrected chi connectivity index (χ1v) is 10.8. The number of nitrogens with zero attached hydrogens (tertiary/aromatic N) is 1. The van der Waals surface area contributed by atoms with Crippen LogP contribution in [0.2, 0.25) is 0 Å². The molecule has 0 spiro atoms. The van der Waals surface area contributed by atoms with E-state index in [0.29, 0.717) is 0 Å². The number of likely N-dealkylation sites (N-methyl/N-ethyl adjacent to an activating group) is 1. The molecule has 0 saturated carbocycles. The normalized spacial score (nSPS) is 19.1. The molecule has 1 saturated heterocycles. The second-order valence-electron chi connectivity index (χ2n) is 9.09. The molecule has 29 heavy (non-hydrogen) atoms. The second kappa shape index (κ2) is 10.7. The minimum atomic E-state index is -0.532. The van der Waals surface area contributed by atoms with Gasteiger partial charge in [0.25, 0.3) is 0 Å². The summed E-state index contributed by atoms with van der Waals surface area (Å²) in [4.78, 5) is 27.8. The Labute approximate surface area is 175 Å². The van der Waals surface area contributed by atoms with Crippen LogP contribution >= 0.6 is 0 Å². The van der Waals surface area contributed by atoms with E-state index in [1.54, 1.807) is 14.0 Å². The van der Waals surface area contributed by atoms with Crippen LogP contribution < -0.4 is 16.0 Å². The number of amides is 2. The Kier molecular flexibility index (Phi) is 8.65. The van der Waals surface area contributed by atoms with Crippen molar-refractivity contribution in [1.82, 2.24) is 20.9 Å². The van der Waals surface area contributed by atoms with Crippen LogP contribution in [0.3, 0.4) is 0 Å². The molecule has 3 N–H and O–H groups in total. The number of benzene rings is 1. The summed E-state index contributed by atoms with van der Waals surface area (Å²) in [5.41, 5.74) is 0.960. The van der Waals surface area contributed by atoms with Gasteiger partial charge in [-0.3, -0.25) is 9.59 Å². The van der Waals surface area contributed by atoms with Crippen LogP contribution in [0.4, 0.5) is 0 Å². The van der Waals surface area contributed by atoms with Gasteiger partial charge in [0.15, 0.2) is 0 Å². The fraction of sp³-hybridized carbons (Fsp3) is 0.652. The first-order chi connectivity index (χ1) is 13.7. The number of carbonyl (C=O) groups excluding carboxylic acids is 2. The van der Waals surface area contributed by atoms with Gasteiger partial charge >= 0.3 is 0 Å². The van der Waals surface area contributed by atoms with Crippen molar-refractivity contribution in [3.8, 4) is 0 Å². The first kappa shape index (κ1) is 23.4. The maximum Gasteiger partial charge on any atom is 0.245 e. The van der Waals surface area contributed by atoms with Crippen molar-refractivity contribution in [1.29, 1.82) is 0 Å². The maximum absolute atomic E-state index is 13.4. The number of rotatable bonds is 9. The maximum atomic E-state index is 13.4. The molecular formula is C23H38N4O2. The van der Waals surface area contributed by atoms with E-state index < -0.39 is 6.04 Å². The summed E-state index contributed by atoms with van der Waals surface area (Å²) in [6.07, 6.45) is 2.99. The van der Waals surface area contributed by atoms with Gasteiger partial charge in [0.05, 0.1) is 6.04 Å². The lowest BCUT2D eigenvalue weighted by Crippen LogP contribution is -2.58. The molecule has 2 rings (SSSR count). The van der Waals surface area contributed by atoms with Gasteiger partial charge in [0.1, 0.15) is 6.04 Å². The van der Waals surface area contributed by atoms with Crippen molar-refractivity contribution in [3.05, 3.63) is 35.9 Å². The molecule has 162 valence electrons. The molecule has 1 aliphatic rings. The molecular weight excluding hydrogens is 364 g/mol. The molecule has 1 aliphatic heterocycles. The monoisotopic (exact) mass is 402 g/mol. The van der Waals surface area contributed by atoms with Gasteiger partial charge in [-0.05, 0) is 50.8 Å². The van der Waals surface area contributed by atoms with Crippen molar-refractivity contribution in [2.45, 2.75) is 65.1 Å². The molecule has 1 aromatic carbocycles. The van der Waals surface area contributed by atoms with Crippen LogP contribution in [-0.2, 0) is 16.0 Å². The van der Waals surface area contributed by atoms with Gasteiger partial charge in [0.2, 0.25) is 11.8 Å². The lowest BCUT2D eigenvalue weighted by atomic mass is 9.85. The van der Waals surface area contributed by atoms with E-state index >= 15 is 0 Å². The Balaban J connectivity index is 1.93. The van der Waals surface area contributed by atoms with E-state index in [9.17, 15) is 9.59 Å². The van der Waals surface area contributed by atoms with E-state index in [2.05, 4.69) is 40.2 Å². The number of likely N-dealkylation sites (tertiary alicyclic amines) is 1.